The van der Waals surface area contributed by atoms with E-state index in [9.17, 15) is 0 Å². The quantitative estimate of drug-likeness (QED) is 0.450. The smallest absolute Gasteiger partial charge is 0.142 e. The third-order valence-corrected chi connectivity index (χ3v) is 3.01. The van der Waals surface area contributed by atoms with Crippen LogP contribution in [0, 0.1) is 6.92 Å². The molecule has 0 amide bonds. The molecule has 1 aromatic carbocycles. The average Bonchev–Trinajstić information content (AvgIpc) is 2.25. The Labute approximate surface area is 91.8 Å². The van der Waals surface area contributed by atoms with Crippen LogP contribution in [0.1, 0.15) is 12.0 Å². The molecule has 3 heteroatoms. The van der Waals surface area contributed by atoms with Crippen LogP contribution in [0.15, 0.2) is 18.2 Å². The Morgan fingerprint density at radius 1 is 1.54 bits per heavy atom. The summed E-state index contributed by atoms with van der Waals surface area (Å²) < 4.78 is 6.08. The SMILES string of the molecule is Cc1ccc2c(c1)NC(I)CCO2. The molecule has 1 unspecified atom stereocenters. The molecule has 0 aliphatic carbocycles. The second-order valence-corrected chi connectivity index (χ2v) is 4.75. The molecule has 0 saturated carbocycles. The average molecular weight is 289 g/mol. The summed E-state index contributed by atoms with van der Waals surface area (Å²) in [6, 6.07) is 6.24. The molecular formula is C10H12INO. The molecule has 0 bridgehead atoms. The molecule has 0 radical (unpaired) electrons. The lowest BCUT2D eigenvalue weighted by molar-refractivity contribution is 0.321. The normalized spacial score (nSPS) is 20.9. The van der Waals surface area contributed by atoms with Gasteiger partial charge in [-0.25, -0.2) is 0 Å². The first kappa shape index (κ1) is 9.12. The van der Waals surface area contributed by atoms with Gasteiger partial charge in [0.25, 0.3) is 0 Å². The van der Waals surface area contributed by atoms with Crippen molar-refractivity contribution in [2.24, 2.45) is 0 Å². The van der Waals surface area contributed by atoms with Gasteiger partial charge in [-0.05, 0) is 24.6 Å². The Morgan fingerprint density at radius 3 is 3.23 bits per heavy atom. The van der Waals surface area contributed by atoms with E-state index >= 15 is 0 Å². The van der Waals surface area contributed by atoms with Crippen LogP contribution in [0.3, 0.4) is 0 Å². The molecule has 70 valence electrons. The number of nitrogens with one attached hydrogen (secondary N) is 1. The molecule has 0 spiro atoms. The predicted octanol–water partition coefficient (Wildman–Crippen LogP) is 2.95. The second kappa shape index (κ2) is 3.74. The number of anilines is 1. The van der Waals surface area contributed by atoms with E-state index in [0.717, 1.165) is 24.5 Å². The second-order valence-electron chi connectivity index (χ2n) is 3.25. The van der Waals surface area contributed by atoms with Gasteiger partial charge < -0.3 is 10.1 Å². The number of ether oxygens (including phenoxy) is 1. The van der Waals surface area contributed by atoms with E-state index in [1.54, 1.807) is 0 Å². The maximum Gasteiger partial charge on any atom is 0.142 e. The van der Waals surface area contributed by atoms with Crippen molar-refractivity contribution >= 4 is 28.3 Å². The van der Waals surface area contributed by atoms with Crippen LogP contribution in [0.4, 0.5) is 5.69 Å². The third kappa shape index (κ3) is 2.07. The Balaban J connectivity index is 2.35. The summed E-state index contributed by atoms with van der Waals surface area (Å²) in [4.78, 5) is 0. The van der Waals surface area contributed by atoms with E-state index in [0.29, 0.717) is 4.05 Å². The zero-order valence-corrected chi connectivity index (χ0v) is 9.67. The summed E-state index contributed by atoms with van der Waals surface area (Å²) in [6.07, 6.45) is 1.05. The number of alkyl halides is 1. The van der Waals surface area contributed by atoms with Crippen LogP contribution in [-0.4, -0.2) is 10.7 Å². The van der Waals surface area contributed by atoms with Crippen LogP contribution < -0.4 is 10.1 Å². The summed E-state index contributed by atoms with van der Waals surface area (Å²) >= 11 is 2.40. The Kier molecular flexibility index (Phi) is 2.62. The van der Waals surface area contributed by atoms with Crippen LogP contribution in [0.25, 0.3) is 0 Å². The van der Waals surface area contributed by atoms with Gasteiger partial charge in [0.15, 0.2) is 0 Å². The van der Waals surface area contributed by atoms with Crippen molar-refractivity contribution in [2.75, 3.05) is 11.9 Å². The molecule has 1 aromatic rings. The number of rotatable bonds is 0. The van der Waals surface area contributed by atoms with Crippen LogP contribution >= 0.6 is 22.6 Å². The van der Waals surface area contributed by atoms with Crippen LogP contribution in [0.5, 0.6) is 5.75 Å². The summed E-state index contributed by atoms with van der Waals surface area (Å²) in [5.74, 6) is 0.977. The first-order chi connectivity index (χ1) is 6.25. The Morgan fingerprint density at radius 2 is 2.38 bits per heavy atom. The molecule has 1 N–H and O–H groups in total. The van der Waals surface area contributed by atoms with Crippen molar-refractivity contribution < 1.29 is 4.74 Å². The maximum absolute atomic E-state index is 5.61. The zero-order chi connectivity index (χ0) is 9.26. The molecule has 2 nitrogen and oxygen atoms in total. The maximum atomic E-state index is 5.61. The molecule has 1 heterocycles. The summed E-state index contributed by atoms with van der Waals surface area (Å²) in [6.45, 7) is 2.89. The highest BCUT2D eigenvalue weighted by atomic mass is 127. The number of halogens is 1. The third-order valence-electron chi connectivity index (χ3n) is 2.08. The molecule has 0 aromatic heterocycles. The predicted molar refractivity (Wildman–Crippen MR) is 62.7 cm³/mol. The summed E-state index contributed by atoms with van der Waals surface area (Å²) in [5.41, 5.74) is 2.39. The highest BCUT2D eigenvalue weighted by molar-refractivity contribution is 14.1. The van der Waals surface area contributed by atoms with Crippen molar-refractivity contribution in [3.63, 3.8) is 0 Å². The summed E-state index contributed by atoms with van der Waals surface area (Å²) in [5, 5.41) is 3.42. The number of benzene rings is 1. The molecule has 1 aliphatic rings. The lowest BCUT2D eigenvalue weighted by Gasteiger charge is -2.10. The number of aryl methyl sites for hydroxylation is 1. The van der Waals surface area contributed by atoms with E-state index in [-0.39, 0.29) is 0 Å². The fourth-order valence-corrected chi connectivity index (χ4v) is 1.99. The lowest BCUT2D eigenvalue weighted by Crippen LogP contribution is -2.10. The minimum Gasteiger partial charge on any atom is -0.491 e. The number of fused-ring (bicyclic) bond motifs is 1. The molecular weight excluding hydrogens is 277 g/mol. The Hall–Kier alpha value is -0.450. The van der Waals surface area contributed by atoms with E-state index < -0.39 is 0 Å². The Bertz CT molecular complexity index is 314. The van der Waals surface area contributed by atoms with E-state index in [1.165, 1.54) is 5.56 Å². The molecule has 13 heavy (non-hydrogen) atoms. The minimum atomic E-state index is 0.473. The van der Waals surface area contributed by atoms with Gasteiger partial charge in [-0.2, -0.15) is 0 Å². The fraction of sp³-hybridized carbons (Fsp3) is 0.400. The number of hydrogen-bond donors (Lipinski definition) is 1. The van der Waals surface area contributed by atoms with E-state index in [1.807, 2.05) is 6.07 Å². The van der Waals surface area contributed by atoms with E-state index in [4.69, 9.17) is 4.74 Å². The molecule has 1 atom stereocenters. The standard InChI is InChI=1S/C10H12INO/c1-7-2-3-9-8(6-7)12-10(11)4-5-13-9/h2-3,6,10,12H,4-5H2,1H3. The van der Waals surface area contributed by atoms with E-state index in [2.05, 4.69) is 47.0 Å². The van der Waals surface area contributed by atoms with Crippen molar-refractivity contribution in [3.8, 4) is 5.75 Å². The van der Waals surface area contributed by atoms with Gasteiger partial charge in [-0.15, -0.1) is 0 Å². The fourth-order valence-electron chi connectivity index (χ4n) is 1.40. The van der Waals surface area contributed by atoms with Gasteiger partial charge >= 0.3 is 0 Å². The molecule has 2 rings (SSSR count). The number of hydrogen-bond acceptors (Lipinski definition) is 2. The minimum absolute atomic E-state index is 0.473. The van der Waals surface area contributed by atoms with Crippen molar-refractivity contribution in [1.29, 1.82) is 0 Å². The van der Waals surface area contributed by atoms with Crippen LogP contribution in [0.2, 0.25) is 0 Å². The van der Waals surface area contributed by atoms with Crippen molar-refractivity contribution in [2.45, 2.75) is 17.4 Å². The van der Waals surface area contributed by atoms with Gasteiger partial charge in [-0.3, -0.25) is 0 Å². The van der Waals surface area contributed by atoms with Crippen molar-refractivity contribution in [3.05, 3.63) is 23.8 Å². The largest absolute Gasteiger partial charge is 0.491 e. The van der Waals surface area contributed by atoms with Gasteiger partial charge in [-0.1, -0.05) is 28.7 Å². The van der Waals surface area contributed by atoms with Gasteiger partial charge in [0.1, 0.15) is 5.75 Å². The van der Waals surface area contributed by atoms with Crippen molar-refractivity contribution in [1.82, 2.24) is 0 Å². The molecule has 0 saturated heterocycles. The molecule has 0 fully saturated rings. The lowest BCUT2D eigenvalue weighted by atomic mass is 10.2. The molecule has 1 aliphatic heterocycles. The van der Waals surface area contributed by atoms with Gasteiger partial charge in [0.2, 0.25) is 0 Å². The monoisotopic (exact) mass is 289 g/mol. The highest BCUT2D eigenvalue weighted by Crippen LogP contribution is 2.30. The first-order valence-corrected chi connectivity index (χ1v) is 5.64. The first-order valence-electron chi connectivity index (χ1n) is 4.40. The topological polar surface area (TPSA) is 21.3 Å². The van der Waals surface area contributed by atoms with Gasteiger partial charge in [0.05, 0.1) is 16.3 Å². The van der Waals surface area contributed by atoms with Crippen LogP contribution in [-0.2, 0) is 0 Å². The summed E-state index contributed by atoms with van der Waals surface area (Å²) in [7, 11) is 0. The van der Waals surface area contributed by atoms with Gasteiger partial charge in [0, 0.05) is 6.42 Å². The highest BCUT2D eigenvalue weighted by Gasteiger charge is 2.13. The zero-order valence-electron chi connectivity index (χ0n) is 7.51.